The van der Waals surface area contributed by atoms with Crippen molar-refractivity contribution in [1.29, 1.82) is 0 Å². The predicted octanol–water partition coefficient (Wildman–Crippen LogP) is 5.81. The van der Waals surface area contributed by atoms with E-state index < -0.39 is 0 Å². The van der Waals surface area contributed by atoms with Gasteiger partial charge in [0.05, 0.1) is 10.8 Å². The number of rotatable bonds is 2. The molecule has 0 fully saturated rings. The molecule has 0 bridgehead atoms. The van der Waals surface area contributed by atoms with E-state index in [0.29, 0.717) is 0 Å². The van der Waals surface area contributed by atoms with Crippen molar-refractivity contribution in [3.8, 4) is 0 Å². The minimum atomic E-state index is 0.0590. The summed E-state index contributed by atoms with van der Waals surface area (Å²) in [4.78, 5) is 2.47. The van der Waals surface area contributed by atoms with Gasteiger partial charge >= 0.3 is 0 Å². The van der Waals surface area contributed by atoms with Crippen LogP contribution in [0.3, 0.4) is 0 Å². The Hall–Kier alpha value is -2.09. The topological polar surface area (TPSA) is 7.12 Å². The highest BCUT2D eigenvalue weighted by Gasteiger charge is 2.56. The lowest BCUT2D eigenvalue weighted by Gasteiger charge is -2.45. The zero-order chi connectivity index (χ0) is 20.1. The number of benzene rings is 2. The molecule has 2 aliphatic rings. The average molecular weight is 374 g/mol. The molecule has 0 radical (unpaired) electrons. The molecule has 0 amide bonds. The van der Waals surface area contributed by atoms with Gasteiger partial charge in [0, 0.05) is 49.5 Å². The maximum atomic E-state index is 2.61. The van der Waals surface area contributed by atoms with Gasteiger partial charge in [0.15, 0.2) is 11.7 Å². The Kier molecular flexibility index (Phi) is 3.39. The SMILES string of the molecule is CCC1(C)c2cc3c(c4ccc5ccc[n+](c5c24)C1(C)CC)C(C)(C)CN3C. The normalized spacial score (nSPS) is 27.8. The maximum Gasteiger partial charge on any atom is 0.221 e. The van der Waals surface area contributed by atoms with Crippen molar-refractivity contribution in [2.45, 2.75) is 70.8 Å². The molecule has 3 aromatic rings. The van der Waals surface area contributed by atoms with E-state index >= 15 is 0 Å². The Morgan fingerprint density at radius 2 is 1.79 bits per heavy atom. The smallest absolute Gasteiger partial charge is 0.221 e. The van der Waals surface area contributed by atoms with Gasteiger partial charge < -0.3 is 4.90 Å². The Morgan fingerprint density at radius 3 is 2.46 bits per heavy atom. The Labute approximate surface area is 169 Å². The standard InChI is InChI=1S/C26H33N2/c1-8-25(5)19-15-20-22(24(3,4)16-27(20)7)18-13-12-17-11-10-14-28(23(17)21(18)19)26(25,6)9-2/h10-15H,8-9,16H2,1-7H3/q+1. The van der Waals surface area contributed by atoms with Crippen molar-refractivity contribution in [2.75, 3.05) is 18.5 Å². The second-order valence-electron chi connectivity index (χ2n) is 10.2. The van der Waals surface area contributed by atoms with Gasteiger partial charge in [0.25, 0.3) is 0 Å². The van der Waals surface area contributed by atoms with Crippen LogP contribution in [-0.4, -0.2) is 13.6 Å². The van der Waals surface area contributed by atoms with Crippen LogP contribution in [0, 0.1) is 0 Å². The van der Waals surface area contributed by atoms with Gasteiger partial charge in [-0.25, -0.2) is 0 Å². The van der Waals surface area contributed by atoms with Gasteiger partial charge in [-0.05, 0) is 48.1 Å². The van der Waals surface area contributed by atoms with Crippen molar-refractivity contribution >= 4 is 27.4 Å². The molecule has 2 atom stereocenters. The molecule has 0 spiro atoms. The zero-order valence-electron chi connectivity index (χ0n) is 18.5. The minimum Gasteiger partial charge on any atom is -0.373 e. The molecule has 0 saturated carbocycles. The van der Waals surface area contributed by atoms with Crippen molar-refractivity contribution in [2.24, 2.45) is 0 Å². The van der Waals surface area contributed by atoms with E-state index in [1.54, 1.807) is 5.56 Å². The molecule has 2 heteroatoms. The molecule has 5 rings (SSSR count). The van der Waals surface area contributed by atoms with E-state index in [4.69, 9.17) is 0 Å². The molecule has 0 saturated heterocycles. The van der Waals surface area contributed by atoms with E-state index in [1.165, 1.54) is 32.9 Å². The van der Waals surface area contributed by atoms with Crippen LogP contribution in [0.1, 0.15) is 65.5 Å². The van der Waals surface area contributed by atoms with Crippen molar-refractivity contribution in [1.82, 2.24) is 0 Å². The monoisotopic (exact) mass is 373 g/mol. The zero-order valence-corrected chi connectivity index (χ0v) is 18.5. The Bertz CT molecular complexity index is 1140. The number of fused-ring (bicyclic) bond motifs is 2. The van der Waals surface area contributed by atoms with Crippen LogP contribution in [0.25, 0.3) is 21.7 Å². The minimum absolute atomic E-state index is 0.0590. The van der Waals surface area contributed by atoms with Crippen molar-refractivity contribution in [3.05, 3.63) is 47.7 Å². The highest BCUT2D eigenvalue weighted by atomic mass is 15.1. The third-order valence-corrected chi connectivity index (χ3v) is 8.47. The maximum absolute atomic E-state index is 2.61. The summed E-state index contributed by atoms with van der Waals surface area (Å²) in [6, 6.07) is 11.8. The quantitative estimate of drug-likeness (QED) is 0.406. The van der Waals surface area contributed by atoms with Crippen LogP contribution in [0.2, 0.25) is 0 Å². The summed E-state index contributed by atoms with van der Waals surface area (Å²) in [5.74, 6) is 0. The summed E-state index contributed by atoms with van der Waals surface area (Å²) in [6.45, 7) is 15.6. The van der Waals surface area contributed by atoms with Crippen molar-refractivity contribution < 1.29 is 4.57 Å². The van der Waals surface area contributed by atoms with Crippen LogP contribution in [0.4, 0.5) is 5.69 Å². The first-order valence-electron chi connectivity index (χ1n) is 10.9. The summed E-state index contributed by atoms with van der Waals surface area (Å²) >= 11 is 0. The predicted molar refractivity (Wildman–Crippen MR) is 120 cm³/mol. The molecule has 3 heterocycles. The lowest BCUT2D eigenvalue weighted by atomic mass is 9.60. The third-order valence-electron chi connectivity index (χ3n) is 8.47. The molecule has 1 aromatic heterocycles. The highest BCUT2D eigenvalue weighted by Crippen LogP contribution is 2.54. The fourth-order valence-electron chi connectivity index (χ4n) is 6.51. The van der Waals surface area contributed by atoms with Crippen LogP contribution >= 0.6 is 0 Å². The van der Waals surface area contributed by atoms with Gasteiger partial charge in [-0.3, -0.25) is 0 Å². The first kappa shape index (κ1) is 18.0. The number of likely N-dealkylation sites (N-methyl/N-ethyl adjacent to an activating group) is 1. The van der Waals surface area contributed by atoms with E-state index in [9.17, 15) is 0 Å². The van der Waals surface area contributed by atoms with Crippen LogP contribution in [0.15, 0.2) is 36.5 Å². The molecule has 0 aliphatic carbocycles. The molecule has 2 aromatic carbocycles. The lowest BCUT2D eigenvalue weighted by molar-refractivity contribution is -0.750. The molecule has 2 unspecified atom stereocenters. The average Bonchev–Trinajstić information content (AvgIpc) is 2.92. The molecule has 28 heavy (non-hydrogen) atoms. The van der Waals surface area contributed by atoms with Crippen LogP contribution < -0.4 is 9.47 Å². The second kappa shape index (κ2) is 5.28. The van der Waals surface area contributed by atoms with Gasteiger partial charge in [-0.1, -0.05) is 33.8 Å². The molecular weight excluding hydrogens is 340 g/mol. The molecular formula is C26H33N2+. The lowest BCUT2D eigenvalue weighted by Crippen LogP contribution is -2.66. The first-order valence-corrected chi connectivity index (χ1v) is 10.9. The third kappa shape index (κ3) is 1.83. The summed E-state index contributed by atoms with van der Waals surface area (Å²) < 4.78 is 2.61. The van der Waals surface area contributed by atoms with Gasteiger partial charge in [-0.2, -0.15) is 4.57 Å². The Balaban J connectivity index is 2.09. The molecule has 2 aliphatic heterocycles. The van der Waals surface area contributed by atoms with E-state index in [1.807, 2.05) is 0 Å². The number of anilines is 1. The van der Waals surface area contributed by atoms with E-state index in [0.717, 1.165) is 19.4 Å². The van der Waals surface area contributed by atoms with Crippen LogP contribution in [-0.2, 0) is 16.4 Å². The van der Waals surface area contributed by atoms with E-state index in [-0.39, 0.29) is 16.4 Å². The largest absolute Gasteiger partial charge is 0.373 e. The number of nitrogens with zero attached hydrogens (tertiary/aromatic N) is 2. The van der Waals surface area contributed by atoms with Crippen LogP contribution in [0.5, 0.6) is 0 Å². The van der Waals surface area contributed by atoms with Crippen molar-refractivity contribution in [3.63, 3.8) is 0 Å². The fourth-order valence-corrected chi connectivity index (χ4v) is 6.51. The number of hydrogen-bond acceptors (Lipinski definition) is 1. The number of aromatic nitrogens is 1. The van der Waals surface area contributed by atoms with Gasteiger partial charge in [-0.15, -0.1) is 0 Å². The summed E-state index contributed by atoms with van der Waals surface area (Å²) in [5.41, 5.74) is 6.27. The number of hydrogen-bond donors (Lipinski definition) is 0. The fraction of sp³-hybridized carbons (Fsp3) is 0.500. The Morgan fingerprint density at radius 1 is 1.04 bits per heavy atom. The summed E-state index contributed by atoms with van der Waals surface area (Å²) in [7, 11) is 2.26. The number of pyridine rings is 1. The molecule has 0 N–H and O–H groups in total. The molecule has 2 nitrogen and oxygen atoms in total. The van der Waals surface area contributed by atoms with E-state index in [2.05, 4.69) is 94.6 Å². The summed E-state index contributed by atoms with van der Waals surface area (Å²) in [6.07, 6.45) is 4.58. The highest BCUT2D eigenvalue weighted by molar-refractivity contribution is 6.10. The van der Waals surface area contributed by atoms with Gasteiger partial charge in [0.1, 0.15) is 0 Å². The summed E-state index contributed by atoms with van der Waals surface area (Å²) in [5, 5.41) is 4.32. The first-order chi connectivity index (χ1) is 13.2. The van der Waals surface area contributed by atoms with Gasteiger partial charge in [0.2, 0.25) is 5.52 Å². The second-order valence-corrected chi connectivity index (χ2v) is 10.2. The molecule has 146 valence electrons.